The van der Waals surface area contributed by atoms with Crippen LogP contribution in [0, 0.1) is 0 Å². The Kier molecular flexibility index (Phi) is 3.29. The van der Waals surface area contributed by atoms with Crippen molar-refractivity contribution in [1.82, 2.24) is 9.97 Å². The van der Waals surface area contributed by atoms with Gasteiger partial charge >= 0.3 is 0 Å². The molecule has 2 rings (SSSR count). The maximum absolute atomic E-state index is 9.58. The highest BCUT2D eigenvalue weighted by Gasteiger charge is 2.08. The van der Waals surface area contributed by atoms with E-state index < -0.39 is 0 Å². The van der Waals surface area contributed by atoms with Gasteiger partial charge in [-0.25, -0.2) is 4.98 Å². The molecule has 0 aliphatic carbocycles. The third-order valence-electron chi connectivity index (χ3n) is 2.43. The normalized spacial score (nSPS) is 10.8. The highest BCUT2D eigenvalue weighted by Crippen LogP contribution is 2.23. The molecule has 1 aromatic heterocycles. The van der Waals surface area contributed by atoms with Crippen molar-refractivity contribution in [3.8, 4) is 17.3 Å². The van der Waals surface area contributed by atoms with Crippen molar-refractivity contribution in [1.29, 1.82) is 0 Å². The van der Waals surface area contributed by atoms with Crippen LogP contribution >= 0.6 is 11.6 Å². The monoisotopic (exact) mass is 248 g/mol. The van der Waals surface area contributed by atoms with Gasteiger partial charge in [-0.1, -0.05) is 25.4 Å². The van der Waals surface area contributed by atoms with Crippen molar-refractivity contribution in [2.75, 3.05) is 0 Å². The first-order valence-electron chi connectivity index (χ1n) is 5.40. The second-order valence-electron chi connectivity index (χ2n) is 4.14. The van der Waals surface area contributed by atoms with Crippen LogP contribution in [0.2, 0.25) is 5.02 Å². The summed E-state index contributed by atoms with van der Waals surface area (Å²) in [6, 6.07) is 8.81. The Hall–Kier alpha value is -1.61. The molecule has 0 radical (unpaired) electrons. The molecule has 0 unspecified atom stereocenters. The molecular formula is C13H13ClN2O. The predicted molar refractivity (Wildman–Crippen MR) is 68.2 cm³/mol. The first-order valence-corrected chi connectivity index (χ1v) is 5.78. The number of benzene rings is 1. The van der Waals surface area contributed by atoms with Gasteiger partial charge in [0.2, 0.25) is 5.88 Å². The molecule has 1 heterocycles. The quantitative estimate of drug-likeness (QED) is 0.883. The van der Waals surface area contributed by atoms with Gasteiger partial charge in [0.1, 0.15) is 0 Å². The number of nitrogens with zero attached hydrogens (tertiary/aromatic N) is 2. The van der Waals surface area contributed by atoms with Crippen LogP contribution < -0.4 is 0 Å². The van der Waals surface area contributed by atoms with E-state index in [0.29, 0.717) is 10.8 Å². The molecule has 0 fully saturated rings. The van der Waals surface area contributed by atoms with Gasteiger partial charge in [0, 0.05) is 16.7 Å². The maximum atomic E-state index is 9.58. The van der Waals surface area contributed by atoms with Crippen molar-refractivity contribution in [2.45, 2.75) is 19.8 Å². The fourth-order valence-electron chi connectivity index (χ4n) is 1.48. The summed E-state index contributed by atoms with van der Waals surface area (Å²) in [5.41, 5.74) is 1.66. The van der Waals surface area contributed by atoms with E-state index in [1.807, 2.05) is 26.0 Å². The molecule has 0 amide bonds. The van der Waals surface area contributed by atoms with Crippen LogP contribution in [-0.2, 0) is 0 Å². The number of rotatable bonds is 2. The van der Waals surface area contributed by atoms with Gasteiger partial charge in [-0.15, -0.1) is 0 Å². The third kappa shape index (κ3) is 2.74. The number of hydrogen-bond donors (Lipinski definition) is 1. The topological polar surface area (TPSA) is 46.0 Å². The van der Waals surface area contributed by atoms with E-state index in [9.17, 15) is 5.11 Å². The summed E-state index contributed by atoms with van der Waals surface area (Å²) >= 11 is 5.82. The fraction of sp³-hybridized carbons (Fsp3) is 0.231. The maximum Gasteiger partial charge on any atom is 0.214 e. The van der Waals surface area contributed by atoms with E-state index in [1.165, 1.54) is 0 Å². The van der Waals surface area contributed by atoms with E-state index in [2.05, 4.69) is 9.97 Å². The standard InChI is InChI=1S/C13H13ClN2O/c1-8(2)11-7-12(17)16-13(15-11)9-3-5-10(14)6-4-9/h3-8H,1-2H3,(H,15,16,17). The van der Waals surface area contributed by atoms with Gasteiger partial charge in [-0.3, -0.25) is 0 Å². The van der Waals surface area contributed by atoms with Crippen LogP contribution in [0.4, 0.5) is 0 Å². The van der Waals surface area contributed by atoms with Gasteiger partial charge in [-0.05, 0) is 30.2 Å². The van der Waals surface area contributed by atoms with E-state index >= 15 is 0 Å². The SMILES string of the molecule is CC(C)c1cc(O)nc(-c2ccc(Cl)cc2)n1. The lowest BCUT2D eigenvalue weighted by atomic mass is 10.1. The third-order valence-corrected chi connectivity index (χ3v) is 2.68. The molecule has 1 aromatic carbocycles. The molecule has 4 heteroatoms. The minimum absolute atomic E-state index is 0.00588. The molecule has 0 saturated heterocycles. The van der Waals surface area contributed by atoms with Crippen LogP contribution in [0.25, 0.3) is 11.4 Å². The molecule has 3 nitrogen and oxygen atoms in total. The zero-order chi connectivity index (χ0) is 12.4. The smallest absolute Gasteiger partial charge is 0.214 e. The number of hydrogen-bond acceptors (Lipinski definition) is 3. The lowest BCUT2D eigenvalue weighted by Gasteiger charge is -2.07. The molecular weight excluding hydrogens is 236 g/mol. The Bertz CT molecular complexity index is 523. The number of aromatic nitrogens is 2. The van der Waals surface area contributed by atoms with Gasteiger partial charge in [0.05, 0.1) is 5.69 Å². The van der Waals surface area contributed by atoms with Crippen molar-refractivity contribution in [2.24, 2.45) is 0 Å². The summed E-state index contributed by atoms with van der Waals surface area (Å²) in [7, 11) is 0. The molecule has 0 saturated carbocycles. The van der Waals surface area contributed by atoms with E-state index in [-0.39, 0.29) is 11.8 Å². The van der Waals surface area contributed by atoms with Gasteiger partial charge in [0.15, 0.2) is 5.82 Å². The molecule has 0 bridgehead atoms. The molecule has 17 heavy (non-hydrogen) atoms. The Labute approximate surface area is 105 Å². The zero-order valence-electron chi connectivity index (χ0n) is 9.68. The van der Waals surface area contributed by atoms with Gasteiger partial charge in [-0.2, -0.15) is 4.98 Å². The molecule has 0 aliphatic rings. The van der Waals surface area contributed by atoms with Crippen LogP contribution in [0.5, 0.6) is 5.88 Å². The average Bonchev–Trinajstić information content (AvgIpc) is 2.29. The summed E-state index contributed by atoms with van der Waals surface area (Å²) in [6.45, 7) is 4.04. The van der Waals surface area contributed by atoms with Crippen LogP contribution in [0.15, 0.2) is 30.3 Å². The number of halogens is 1. The summed E-state index contributed by atoms with van der Waals surface area (Å²) in [5.74, 6) is 0.758. The zero-order valence-corrected chi connectivity index (χ0v) is 10.4. The summed E-state index contributed by atoms with van der Waals surface area (Å²) in [6.07, 6.45) is 0. The number of aromatic hydroxyl groups is 1. The second kappa shape index (κ2) is 4.72. The molecule has 0 aliphatic heterocycles. The molecule has 88 valence electrons. The summed E-state index contributed by atoms with van der Waals surface area (Å²) < 4.78 is 0. The first kappa shape index (κ1) is 11.9. The van der Waals surface area contributed by atoms with Crippen molar-refractivity contribution in [3.63, 3.8) is 0 Å². The van der Waals surface area contributed by atoms with Crippen molar-refractivity contribution >= 4 is 11.6 Å². The highest BCUT2D eigenvalue weighted by atomic mass is 35.5. The molecule has 2 aromatic rings. The Balaban J connectivity index is 2.48. The lowest BCUT2D eigenvalue weighted by Crippen LogP contribution is -1.97. The minimum atomic E-state index is -0.00588. The Morgan fingerprint density at radius 2 is 1.76 bits per heavy atom. The van der Waals surface area contributed by atoms with E-state index in [0.717, 1.165) is 11.3 Å². The van der Waals surface area contributed by atoms with E-state index in [4.69, 9.17) is 11.6 Å². The predicted octanol–water partition coefficient (Wildman–Crippen LogP) is 3.63. The first-order chi connectivity index (χ1) is 8.06. The van der Waals surface area contributed by atoms with Crippen LogP contribution in [-0.4, -0.2) is 15.1 Å². The largest absolute Gasteiger partial charge is 0.493 e. The lowest BCUT2D eigenvalue weighted by molar-refractivity contribution is 0.451. The Morgan fingerprint density at radius 1 is 1.12 bits per heavy atom. The van der Waals surface area contributed by atoms with Crippen LogP contribution in [0.1, 0.15) is 25.5 Å². The van der Waals surface area contributed by atoms with E-state index in [1.54, 1.807) is 18.2 Å². The summed E-state index contributed by atoms with van der Waals surface area (Å²) in [4.78, 5) is 8.44. The fourth-order valence-corrected chi connectivity index (χ4v) is 1.60. The Morgan fingerprint density at radius 3 is 2.35 bits per heavy atom. The van der Waals surface area contributed by atoms with Gasteiger partial charge < -0.3 is 5.11 Å². The average molecular weight is 249 g/mol. The molecule has 0 atom stereocenters. The van der Waals surface area contributed by atoms with Gasteiger partial charge in [0.25, 0.3) is 0 Å². The van der Waals surface area contributed by atoms with Crippen molar-refractivity contribution in [3.05, 3.63) is 41.0 Å². The summed E-state index contributed by atoms with van der Waals surface area (Å²) in [5, 5.41) is 10.2. The van der Waals surface area contributed by atoms with Crippen LogP contribution in [0.3, 0.4) is 0 Å². The van der Waals surface area contributed by atoms with Crippen molar-refractivity contribution < 1.29 is 5.11 Å². The minimum Gasteiger partial charge on any atom is -0.493 e. The second-order valence-corrected chi connectivity index (χ2v) is 4.57. The molecule has 1 N–H and O–H groups in total. The molecule has 0 spiro atoms. The highest BCUT2D eigenvalue weighted by molar-refractivity contribution is 6.30.